The quantitative estimate of drug-likeness (QED) is 0.660. The van der Waals surface area contributed by atoms with Crippen LogP contribution >= 0.6 is 11.3 Å². The summed E-state index contributed by atoms with van der Waals surface area (Å²) in [6.07, 6.45) is 0. The third-order valence-corrected chi connectivity index (χ3v) is 6.68. The molecule has 0 unspecified atom stereocenters. The van der Waals surface area contributed by atoms with Gasteiger partial charge in [-0.2, -0.15) is 5.10 Å². The summed E-state index contributed by atoms with van der Waals surface area (Å²) in [4.78, 5) is 34.2. The number of aryl methyl sites for hydroxylation is 1. The molecule has 0 atom stereocenters. The Balaban J connectivity index is 1.48. The summed E-state index contributed by atoms with van der Waals surface area (Å²) in [6, 6.07) is 10.2. The van der Waals surface area contributed by atoms with Crippen LogP contribution in [0.1, 0.15) is 30.5 Å². The molecule has 29 heavy (non-hydrogen) atoms. The monoisotopic (exact) mass is 411 g/mol. The number of amides is 1. The van der Waals surface area contributed by atoms with Crippen molar-refractivity contribution in [3.8, 4) is 0 Å². The van der Waals surface area contributed by atoms with Crippen LogP contribution in [-0.4, -0.2) is 51.8 Å². The molecule has 3 heterocycles. The van der Waals surface area contributed by atoms with Gasteiger partial charge in [-0.15, -0.1) is 11.3 Å². The van der Waals surface area contributed by atoms with Crippen molar-refractivity contribution in [3.63, 3.8) is 0 Å². The Morgan fingerprint density at radius 2 is 1.83 bits per heavy atom. The number of piperazine rings is 1. The number of hydrogen-bond donors (Lipinski definition) is 0. The fourth-order valence-corrected chi connectivity index (χ4v) is 4.56. The SMILES string of the molecule is Cc1nn(CC(=O)N2CCN(c3ccccc3)CC2)c(=O)c2nc(C(C)C)sc12. The van der Waals surface area contributed by atoms with Crippen molar-refractivity contribution in [3.05, 3.63) is 51.4 Å². The van der Waals surface area contributed by atoms with Gasteiger partial charge in [0, 0.05) is 37.8 Å². The Morgan fingerprint density at radius 1 is 1.14 bits per heavy atom. The molecule has 3 aromatic rings. The molecule has 0 spiro atoms. The largest absolute Gasteiger partial charge is 0.368 e. The van der Waals surface area contributed by atoms with Crippen LogP contribution in [0.5, 0.6) is 0 Å². The maximum atomic E-state index is 12.8. The minimum absolute atomic E-state index is 0.0461. The van der Waals surface area contributed by atoms with Gasteiger partial charge in [-0.1, -0.05) is 32.0 Å². The highest BCUT2D eigenvalue weighted by atomic mass is 32.1. The third-order valence-electron chi connectivity index (χ3n) is 5.21. The minimum atomic E-state index is -0.287. The molecule has 0 saturated carbocycles. The number of fused-ring (bicyclic) bond motifs is 1. The van der Waals surface area contributed by atoms with Gasteiger partial charge in [0.25, 0.3) is 5.56 Å². The lowest BCUT2D eigenvalue weighted by molar-refractivity contribution is -0.132. The van der Waals surface area contributed by atoms with E-state index < -0.39 is 0 Å². The maximum Gasteiger partial charge on any atom is 0.294 e. The summed E-state index contributed by atoms with van der Waals surface area (Å²) in [6.45, 7) is 8.75. The molecule has 0 N–H and O–H groups in total. The Bertz CT molecular complexity index is 1080. The van der Waals surface area contributed by atoms with Gasteiger partial charge in [0.2, 0.25) is 5.91 Å². The van der Waals surface area contributed by atoms with Crippen molar-refractivity contribution < 1.29 is 4.79 Å². The molecule has 0 bridgehead atoms. The zero-order valence-corrected chi connectivity index (χ0v) is 17.8. The fourth-order valence-electron chi connectivity index (χ4n) is 3.56. The topological polar surface area (TPSA) is 71.3 Å². The predicted molar refractivity (Wildman–Crippen MR) is 116 cm³/mol. The van der Waals surface area contributed by atoms with Crippen LogP contribution in [0, 0.1) is 6.92 Å². The van der Waals surface area contributed by atoms with E-state index in [4.69, 9.17) is 0 Å². The van der Waals surface area contributed by atoms with Crippen molar-refractivity contribution in [2.45, 2.75) is 33.2 Å². The van der Waals surface area contributed by atoms with Crippen LogP contribution in [0.3, 0.4) is 0 Å². The van der Waals surface area contributed by atoms with Crippen LogP contribution in [-0.2, 0) is 11.3 Å². The highest BCUT2D eigenvalue weighted by Crippen LogP contribution is 2.26. The van der Waals surface area contributed by atoms with Crippen LogP contribution < -0.4 is 10.5 Å². The summed E-state index contributed by atoms with van der Waals surface area (Å²) in [5.74, 6) is 0.174. The first-order chi connectivity index (χ1) is 13.9. The lowest BCUT2D eigenvalue weighted by atomic mass is 10.2. The van der Waals surface area contributed by atoms with Gasteiger partial charge >= 0.3 is 0 Å². The number of hydrogen-bond acceptors (Lipinski definition) is 6. The van der Waals surface area contributed by atoms with E-state index in [2.05, 4.69) is 41.0 Å². The number of carbonyl (C=O) groups excluding carboxylic acids is 1. The molecule has 1 aromatic carbocycles. The van der Waals surface area contributed by atoms with E-state index in [1.807, 2.05) is 30.0 Å². The molecule has 8 heteroatoms. The van der Waals surface area contributed by atoms with Crippen molar-refractivity contribution in [2.24, 2.45) is 0 Å². The second kappa shape index (κ2) is 7.94. The van der Waals surface area contributed by atoms with E-state index in [1.54, 1.807) is 0 Å². The molecule has 0 radical (unpaired) electrons. The number of aromatic nitrogens is 3. The average Bonchev–Trinajstić information content (AvgIpc) is 3.19. The molecular formula is C21H25N5O2S. The van der Waals surface area contributed by atoms with Gasteiger partial charge in [0.05, 0.1) is 15.4 Å². The van der Waals surface area contributed by atoms with E-state index in [1.165, 1.54) is 21.7 Å². The van der Waals surface area contributed by atoms with Gasteiger partial charge in [0.1, 0.15) is 6.54 Å². The van der Waals surface area contributed by atoms with Gasteiger partial charge < -0.3 is 9.80 Å². The zero-order valence-electron chi connectivity index (χ0n) is 17.0. The van der Waals surface area contributed by atoms with Crippen molar-refractivity contribution in [1.29, 1.82) is 0 Å². The first-order valence-corrected chi connectivity index (χ1v) is 10.7. The van der Waals surface area contributed by atoms with E-state index in [0.29, 0.717) is 18.6 Å². The van der Waals surface area contributed by atoms with E-state index in [-0.39, 0.29) is 23.9 Å². The molecule has 1 fully saturated rings. The summed E-state index contributed by atoms with van der Waals surface area (Å²) in [5.41, 5.74) is 2.05. The number of rotatable bonds is 4. The van der Waals surface area contributed by atoms with Crippen LogP contribution in [0.2, 0.25) is 0 Å². The fraction of sp³-hybridized carbons (Fsp3) is 0.429. The van der Waals surface area contributed by atoms with Crippen LogP contribution in [0.15, 0.2) is 35.1 Å². The number of benzene rings is 1. The van der Waals surface area contributed by atoms with E-state index >= 15 is 0 Å². The molecule has 1 aliphatic heterocycles. The molecule has 4 rings (SSSR count). The Hall–Kier alpha value is -2.74. The second-order valence-corrected chi connectivity index (χ2v) is 8.67. The van der Waals surface area contributed by atoms with Crippen LogP contribution in [0.25, 0.3) is 10.2 Å². The normalized spacial score (nSPS) is 14.8. The lowest BCUT2D eigenvalue weighted by Gasteiger charge is -2.36. The molecule has 7 nitrogen and oxygen atoms in total. The number of anilines is 1. The average molecular weight is 412 g/mol. The number of carbonyl (C=O) groups is 1. The van der Waals surface area contributed by atoms with Crippen molar-refractivity contribution in [2.75, 3.05) is 31.1 Å². The zero-order chi connectivity index (χ0) is 20.5. The Kier molecular flexibility index (Phi) is 5.36. The number of nitrogens with zero attached hydrogens (tertiary/aromatic N) is 5. The van der Waals surface area contributed by atoms with Crippen molar-refractivity contribution >= 4 is 33.1 Å². The maximum absolute atomic E-state index is 12.8. The van der Waals surface area contributed by atoms with Gasteiger partial charge in [-0.3, -0.25) is 9.59 Å². The number of para-hydroxylation sites is 1. The highest BCUT2D eigenvalue weighted by Gasteiger charge is 2.23. The van der Waals surface area contributed by atoms with Gasteiger partial charge in [-0.05, 0) is 19.1 Å². The molecule has 1 aliphatic rings. The van der Waals surface area contributed by atoms with E-state index in [0.717, 1.165) is 28.5 Å². The summed E-state index contributed by atoms with van der Waals surface area (Å²) >= 11 is 1.51. The lowest BCUT2D eigenvalue weighted by Crippen LogP contribution is -2.50. The molecule has 1 amide bonds. The van der Waals surface area contributed by atoms with Crippen LogP contribution in [0.4, 0.5) is 5.69 Å². The Labute approximate surface area is 173 Å². The Morgan fingerprint density at radius 3 is 2.48 bits per heavy atom. The summed E-state index contributed by atoms with van der Waals surface area (Å²) in [5, 5.41) is 5.31. The van der Waals surface area contributed by atoms with E-state index in [9.17, 15) is 9.59 Å². The molecule has 152 valence electrons. The summed E-state index contributed by atoms with van der Waals surface area (Å²) in [7, 11) is 0. The second-order valence-electron chi connectivity index (χ2n) is 7.64. The highest BCUT2D eigenvalue weighted by molar-refractivity contribution is 7.18. The smallest absolute Gasteiger partial charge is 0.294 e. The number of thiazole rings is 1. The van der Waals surface area contributed by atoms with Crippen molar-refractivity contribution in [1.82, 2.24) is 19.7 Å². The molecule has 1 saturated heterocycles. The first kappa shape index (κ1) is 19.6. The van der Waals surface area contributed by atoms with Gasteiger partial charge in [0.15, 0.2) is 5.52 Å². The standard InChI is InChI=1S/C21H25N5O2S/c1-14(2)20-22-18-19(29-20)15(3)23-26(21(18)28)13-17(27)25-11-9-24(10-12-25)16-7-5-4-6-8-16/h4-8,14H,9-13H2,1-3H3. The third kappa shape index (κ3) is 3.89. The first-order valence-electron chi connectivity index (χ1n) is 9.90. The minimum Gasteiger partial charge on any atom is -0.368 e. The molecule has 0 aliphatic carbocycles. The summed E-state index contributed by atoms with van der Waals surface area (Å²) < 4.78 is 2.09. The molecular weight excluding hydrogens is 386 g/mol. The molecule has 2 aromatic heterocycles. The van der Waals surface area contributed by atoms with Gasteiger partial charge in [-0.25, -0.2) is 9.67 Å². The predicted octanol–water partition coefficient (Wildman–Crippen LogP) is 2.63.